The molecule has 0 aliphatic carbocycles. The molecule has 10 atom stereocenters. The highest BCUT2D eigenvalue weighted by molar-refractivity contribution is 8.07. The Bertz CT molecular complexity index is 1900. The van der Waals surface area contributed by atoms with Gasteiger partial charge in [-0.2, -0.15) is 4.98 Å². The minimum absolute atomic E-state index is 0.117. The van der Waals surface area contributed by atoms with Crippen molar-refractivity contribution in [2.45, 2.75) is 69.0 Å². The Balaban J connectivity index is 1.23. The summed E-state index contributed by atoms with van der Waals surface area (Å²) in [5, 5.41) is 11.3. The van der Waals surface area contributed by atoms with E-state index in [9.17, 15) is 14.9 Å². The van der Waals surface area contributed by atoms with E-state index in [1.165, 1.54) is 23.5 Å². The standard InChI is InChI=1S/C23H30N10O10P2S2/c1-9(2)39-17-15-11(41-23(17)33-8-31-13-19(25)27-6-29-21(13)33)4-38-45(36,47)43-16-14(34)10(3-37-44(35,46)42-15)40-22(16)32-7-30-12-18(24)26-5-28-20(12)32/h5-11,14-17,22-23,34H,3-4H2,1-2H3,(H6,24,25,26,27,28,29,35,36,46,47)/p+1/t10-,11-,14-,15-,16-,17-,22-,23-,44?,45?/m1/s1. The molecule has 4 aromatic heterocycles. The van der Waals surface area contributed by atoms with Gasteiger partial charge in [-0.25, -0.2) is 19.5 Å². The number of nitrogens with zero attached hydrogens (tertiary/aromatic N) is 7. The van der Waals surface area contributed by atoms with Crippen LogP contribution >= 0.6 is 13.4 Å². The van der Waals surface area contributed by atoms with Crippen molar-refractivity contribution in [3.05, 3.63) is 25.3 Å². The summed E-state index contributed by atoms with van der Waals surface area (Å²) in [5.74, 6) is 0.330. The Morgan fingerprint density at radius 3 is 2.40 bits per heavy atom. The van der Waals surface area contributed by atoms with Gasteiger partial charge in [-0.05, 0) is 37.5 Å². The lowest BCUT2D eigenvalue weighted by molar-refractivity contribution is -0.745. The molecule has 2 unspecified atom stereocenters. The molecule has 3 fully saturated rings. The average Bonchev–Trinajstić information content (AvgIpc) is 3.77. The summed E-state index contributed by atoms with van der Waals surface area (Å²) in [6.07, 6.45) is -3.91. The normalized spacial score (nSPS) is 36.7. The van der Waals surface area contributed by atoms with Gasteiger partial charge in [-0.15, -0.1) is 0 Å². The number of ether oxygens (including phenoxy) is 3. The SMILES string of the molecule is CC(C)O[C@@H]1[C@@H]2OP(O)(=S)OC[C@H]3O[C@@H](n4cnc5c(N)ncnc54)[C@H](OP(O)(=S)OC[C@H]2O[C@H]1[n+]1c[nH]c2c(N)ncnc21)[C@@H]3O. The van der Waals surface area contributed by atoms with E-state index in [0.717, 1.165) is 0 Å². The number of anilines is 2. The van der Waals surface area contributed by atoms with Crippen LogP contribution in [0, 0.1) is 0 Å². The fourth-order valence-corrected chi connectivity index (χ4v) is 8.57. The van der Waals surface area contributed by atoms with E-state index in [4.69, 9.17) is 67.4 Å². The van der Waals surface area contributed by atoms with Crippen molar-refractivity contribution in [2.24, 2.45) is 0 Å². The van der Waals surface area contributed by atoms with E-state index in [1.807, 2.05) is 13.8 Å². The molecule has 20 nitrogen and oxygen atoms in total. The lowest BCUT2D eigenvalue weighted by Crippen LogP contribution is -2.48. The van der Waals surface area contributed by atoms with Crippen LogP contribution in [0.3, 0.4) is 0 Å². The Kier molecular flexibility index (Phi) is 8.80. The van der Waals surface area contributed by atoms with E-state index in [0.29, 0.717) is 11.2 Å². The maximum absolute atomic E-state index is 11.3. The highest BCUT2D eigenvalue weighted by Gasteiger charge is 2.54. The lowest BCUT2D eigenvalue weighted by Gasteiger charge is -2.29. The van der Waals surface area contributed by atoms with Crippen LogP contribution in [0.5, 0.6) is 0 Å². The van der Waals surface area contributed by atoms with E-state index in [2.05, 4.69) is 29.9 Å². The van der Waals surface area contributed by atoms with E-state index in [-0.39, 0.29) is 28.9 Å². The van der Waals surface area contributed by atoms with Crippen molar-refractivity contribution in [1.82, 2.24) is 34.5 Å². The van der Waals surface area contributed by atoms with Crippen molar-refractivity contribution < 1.29 is 51.8 Å². The summed E-state index contributed by atoms with van der Waals surface area (Å²) in [6.45, 7) is -5.46. The van der Waals surface area contributed by atoms with Crippen LogP contribution in [0.15, 0.2) is 25.3 Å². The third-order valence-electron chi connectivity index (χ3n) is 7.73. The molecule has 7 rings (SSSR count). The van der Waals surface area contributed by atoms with Crippen molar-refractivity contribution in [3.8, 4) is 0 Å². The molecule has 3 saturated heterocycles. The zero-order valence-electron chi connectivity index (χ0n) is 24.6. The molecule has 0 spiro atoms. The molecule has 0 amide bonds. The number of imidazole rings is 2. The van der Waals surface area contributed by atoms with Crippen LogP contribution in [0.25, 0.3) is 22.3 Å². The number of rotatable bonds is 4. The van der Waals surface area contributed by atoms with E-state index < -0.39 is 75.7 Å². The molecule has 0 radical (unpaired) electrons. The summed E-state index contributed by atoms with van der Waals surface area (Å²) in [5.41, 5.74) is 13.4. The monoisotopic (exact) mass is 733 g/mol. The first-order valence-electron chi connectivity index (χ1n) is 14.2. The Hall–Kier alpha value is -2.40. The molecule has 47 heavy (non-hydrogen) atoms. The molecular formula is C23H31N10O10P2S2+. The largest absolute Gasteiger partial charge is 0.387 e. The topological polar surface area (TPSA) is 266 Å². The highest BCUT2D eigenvalue weighted by Crippen LogP contribution is 2.54. The second-order valence-corrected chi connectivity index (χ2v) is 16.7. The molecule has 7 heterocycles. The number of nitrogens with one attached hydrogen (secondary N) is 1. The number of aliphatic hydroxyl groups is 1. The van der Waals surface area contributed by atoms with Gasteiger partial charge in [0.1, 0.15) is 48.5 Å². The Morgan fingerprint density at radius 1 is 0.979 bits per heavy atom. The van der Waals surface area contributed by atoms with Gasteiger partial charge in [0, 0.05) is 0 Å². The van der Waals surface area contributed by atoms with Gasteiger partial charge in [0.15, 0.2) is 36.2 Å². The van der Waals surface area contributed by atoms with Crippen molar-refractivity contribution in [2.75, 3.05) is 24.7 Å². The smallest absolute Gasteiger partial charge is 0.325 e. The third-order valence-corrected chi connectivity index (χ3v) is 10.8. The van der Waals surface area contributed by atoms with Crippen LogP contribution in [-0.4, -0.2) is 105 Å². The van der Waals surface area contributed by atoms with Crippen LogP contribution in [0.2, 0.25) is 0 Å². The average molecular weight is 734 g/mol. The summed E-state index contributed by atoms with van der Waals surface area (Å²) < 4.78 is 45.2. The number of hydrogen-bond donors (Lipinski definition) is 6. The van der Waals surface area contributed by atoms with Gasteiger partial charge in [-0.1, -0.05) is 4.98 Å². The van der Waals surface area contributed by atoms with Crippen molar-refractivity contribution in [1.29, 1.82) is 0 Å². The van der Waals surface area contributed by atoms with Crippen LogP contribution < -0.4 is 16.0 Å². The minimum atomic E-state index is -4.14. The highest BCUT2D eigenvalue weighted by atomic mass is 32.5. The number of aliphatic hydroxyl groups excluding tert-OH is 1. The van der Waals surface area contributed by atoms with Gasteiger partial charge in [-0.3, -0.25) is 18.6 Å². The Morgan fingerprint density at radius 2 is 1.66 bits per heavy atom. The summed E-state index contributed by atoms with van der Waals surface area (Å²) in [7, 11) is 0. The fourth-order valence-electron chi connectivity index (χ4n) is 5.72. The predicted octanol–water partition coefficient (Wildman–Crippen LogP) is -0.550. The summed E-state index contributed by atoms with van der Waals surface area (Å²) >= 11 is 10.8. The molecule has 4 aromatic rings. The molecule has 8 N–H and O–H groups in total. The van der Waals surface area contributed by atoms with Crippen LogP contribution in [0.4, 0.5) is 11.6 Å². The molecule has 3 aliphatic heterocycles. The zero-order chi connectivity index (χ0) is 33.2. The second-order valence-electron chi connectivity index (χ2n) is 11.2. The number of aromatic nitrogens is 8. The minimum Gasteiger partial charge on any atom is -0.387 e. The fraction of sp³-hybridized carbons (Fsp3) is 0.565. The first kappa shape index (κ1) is 33.1. The molecule has 254 valence electrons. The van der Waals surface area contributed by atoms with Gasteiger partial charge >= 0.3 is 19.1 Å². The maximum Gasteiger partial charge on any atom is 0.325 e. The number of fused-ring (bicyclic) bond motifs is 5. The van der Waals surface area contributed by atoms with Gasteiger partial charge in [0.2, 0.25) is 11.7 Å². The molecule has 2 bridgehead atoms. The Labute approximate surface area is 275 Å². The van der Waals surface area contributed by atoms with Crippen LogP contribution in [0.1, 0.15) is 26.3 Å². The number of nitrogen functional groups attached to an aromatic ring is 2. The summed E-state index contributed by atoms with van der Waals surface area (Å²) in [6, 6.07) is 0. The molecule has 0 saturated carbocycles. The van der Waals surface area contributed by atoms with Crippen molar-refractivity contribution >= 4 is 71.0 Å². The summed E-state index contributed by atoms with van der Waals surface area (Å²) in [4.78, 5) is 46.3. The van der Waals surface area contributed by atoms with E-state index >= 15 is 0 Å². The molecule has 24 heteroatoms. The quantitative estimate of drug-likeness (QED) is 0.113. The molecule has 0 aromatic carbocycles. The van der Waals surface area contributed by atoms with Gasteiger partial charge in [0.25, 0.3) is 0 Å². The predicted molar refractivity (Wildman–Crippen MR) is 167 cm³/mol. The van der Waals surface area contributed by atoms with E-state index in [1.54, 1.807) is 10.9 Å². The van der Waals surface area contributed by atoms with Gasteiger partial charge < -0.3 is 49.6 Å². The number of hydrogen-bond acceptors (Lipinski definition) is 17. The number of H-pyrrole nitrogens is 1. The molecular weight excluding hydrogens is 702 g/mol. The first-order valence-corrected chi connectivity index (χ1v) is 19.4. The maximum atomic E-state index is 11.3. The van der Waals surface area contributed by atoms with Gasteiger partial charge in [0.05, 0.1) is 25.6 Å². The third kappa shape index (κ3) is 6.28. The molecule has 3 aliphatic rings. The first-order chi connectivity index (χ1) is 22.3. The van der Waals surface area contributed by atoms with Crippen molar-refractivity contribution in [3.63, 3.8) is 0 Å². The van der Waals surface area contributed by atoms with Crippen LogP contribution in [-0.2, 0) is 55.9 Å². The zero-order valence-corrected chi connectivity index (χ0v) is 28.0. The number of nitrogens with two attached hydrogens (primary N) is 2. The second kappa shape index (κ2) is 12.5. The number of aromatic amines is 1. The lowest BCUT2D eigenvalue weighted by atomic mass is 10.1.